The first-order valence-electron chi connectivity index (χ1n) is 7.41. The number of rotatable bonds is 6. The molecule has 0 heterocycles. The van der Waals surface area contributed by atoms with Gasteiger partial charge >= 0.3 is 5.97 Å². The largest absolute Gasteiger partial charge is 0.462 e. The SMILES string of the molecule is CCOC(=O)c1ccc(NC(=O)Cc2ccccc2[N+](=O)[O-])c(Cl)c1. The molecule has 2 rings (SSSR count). The predicted octanol–water partition coefficient (Wildman–Crippen LogP) is 3.61. The minimum atomic E-state index is -0.538. The molecule has 0 bridgehead atoms. The summed E-state index contributed by atoms with van der Waals surface area (Å²) in [5.74, 6) is -0.970. The maximum absolute atomic E-state index is 12.1. The van der Waals surface area contributed by atoms with E-state index in [2.05, 4.69) is 5.32 Å². The van der Waals surface area contributed by atoms with Gasteiger partial charge < -0.3 is 10.1 Å². The molecule has 0 saturated carbocycles. The number of halogens is 1. The maximum Gasteiger partial charge on any atom is 0.338 e. The highest BCUT2D eigenvalue weighted by atomic mass is 35.5. The van der Waals surface area contributed by atoms with Gasteiger partial charge in [0.1, 0.15) is 0 Å². The Labute approximate surface area is 148 Å². The van der Waals surface area contributed by atoms with Crippen molar-refractivity contribution in [1.29, 1.82) is 0 Å². The van der Waals surface area contributed by atoms with Crippen LogP contribution in [0, 0.1) is 10.1 Å². The zero-order valence-corrected chi connectivity index (χ0v) is 14.1. The van der Waals surface area contributed by atoms with Crippen molar-refractivity contribution < 1.29 is 19.2 Å². The molecule has 0 spiro atoms. The molecule has 2 aromatic rings. The lowest BCUT2D eigenvalue weighted by molar-refractivity contribution is -0.385. The van der Waals surface area contributed by atoms with E-state index in [-0.39, 0.29) is 29.3 Å². The van der Waals surface area contributed by atoms with Crippen molar-refractivity contribution in [2.24, 2.45) is 0 Å². The van der Waals surface area contributed by atoms with Gasteiger partial charge in [-0.05, 0) is 25.1 Å². The smallest absolute Gasteiger partial charge is 0.338 e. The van der Waals surface area contributed by atoms with E-state index in [1.807, 2.05) is 0 Å². The Morgan fingerprint density at radius 2 is 1.96 bits per heavy atom. The molecular weight excluding hydrogens is 348 g/mol. The molecule has 0 fully saturated rings. The molecule has 1 N–H and O–H groups in total. The summed E-state index contributed by atoms with van der Waals surface area (Å²) in [7, 11) is 0. The van der Waals surface area contributed by atoms with Gasteiger partial charge in [0.2, 0.25) is 5.91 Å². The number of hydrogen-bond donors (Lipinski definition) is 1. The van der Waals surface area contributed by atoms with Crippen LogP contribution in [-0.2, 0) is 16.0 Å². The van der Waals surface area contributed by atoms with E-state index in [1.165, 1.54) is 36.4 Å². The van der Waals surface area contributed by atoms with E-state index < -0.39 is 16.8 Å². The lowest BCUT2D eigenvalue weighted by atomic mass is 10.1. The number of ether oxygens (including phenoxy) is 1. The van der Waals surface area contributed by atoms with Crippen LogP contribution in [-0.4, -0.2) is 23.4 Å². The van der Waals surface area contributed by atoms with Gasteiger partial charge in [-0.2, -0.15) is 0 Å². The second-order valence-corrected chi connectivity index (χ2v) is 5.43. The van der Waals surface area contributed by atoms with Crippen molar-refractivity contribution in [2.45, 2.75) is 13.3 Å². The number of para-hydroxylation sites is 1. The highest BCUT2D eigenvalue weighted by molar-refractivity contribution is 6.34. The summed E-state index contributed by atoms with van der Waals surface area (Å²) in [6.07, 6.45) is -0.174. The molecule has 2 aromatic carbocycles. The number of benzene rings is 2. The highest BCUT2D eigenvalue weighted by Crippen LogP contribution is 2.24. The Bertz CT molecular complexity index is 822. The second-order valence-electron chi connectivity index (χ2n) is 5.03. The van der Waals surface area contributed by atoms with E-state index in [1.54, 1.807) is 13.0 Å². The van der Waals surface area contributed by atoms with Crippen LogP contribution in [0.25, 0.3) is 0 Å². The van der Waals surface area contributed by atoms with Gasteiger partial charge in [0.25, 0.3) is 5.69 Å². The number of nitro groups is 1. The molecule has 0 aliphatic rings. The Balaban J connectivity index is 2.11. The number of nitrogens with zero attached hydrogens (tertiary/aromatic N) is 1. The molecule has 0 atom stereocenters. The molecule has 0 aliphatic carbocycles. The molecule has 8 heteroatoms. The number of carbonyl (C=O) groups is 2. The highest BCUT2D eigenvalue weighted by Gasteiger charge is 2.17. The summed E-state index contributed by atoms with van der Waals surface area (Å²) in [6.45, 7) is 1.93. The zero-order chi connectivity index (χ0) is 18.4. The van der Waals surface area contributed by atoms with Crippen molar-refractivity contribution in [3.8, 4) is 0 Å². The lowest BCUT2D eigenvalue weighted by Crippen LogP contribution is -2.16. The molecular formula is C17H15ClN2O5. The molecule has 0 saturated heterocycles. The van der Waals surface area contributed by atoms with Crippen LogP contribution in [0.4, 0.5) is 11.4 Å². The average Bonchev–Trinajstić information content (AvgIpc) is 2.57. The summed E-state index contributed by atoms with van der Waals surface area (Å²) >= 11 is 6.07. The summed E-state index contributed by atoms with van der Waals surface area (Å²) in [5.41, 5.74) is 0.743. The van der Waals surface area contributed by atoms with Gasteiger partial charge in [-0.1, -0.05) is 29.8 Å². The Morgan fingerprint density at radius 1 is 1.24 bits per heavy atom. The van der Waals surface area contributed by atoms with Gasteiger partial charge in [0.15, 0.2) is 0 Å². The first-order valence-corrected chi connectivity index (χ1v) is 7.79. The molecule has 0 aromatic heterocycles. The number of nitro benzene ring substituents is 1. The first kappa shape index (κ1) is 18.4. The molecule has 25 heavy (non-hydrogen) atoms. The Kier molecular flexibility index (Phi) is 6.08. The van der Waals surface area contributed by atoms with Crippen LogP contribution in [0.1, 0.15) is 22.8 Å². The number of esters is 1. The molecule has 0 radical (unpaired) electrons. The standard InChI is InChI=1S/C17H15ClN2O5/c1-2-25-17(22)12-7-8-14(13(18)9-12)19-16(21)10-11-5-3-4-6-15(11)20(23)24/h3-9H,2,10H2,1H3,(H,19,21). The third-order valence-corrected chi connectivity index (χ3v) is 3.61. The van der Waals surface area contributed by atoms with E-state index in [0.29, 0.717) is 11.3 Å². The van der Waals surface area contributed by atoms with Crippen molar-refractivity contribution in [2.75, 3.05) is 11.9 Å². The topological polar surface area (TPSA) is 98.5 Å². The summed E-state index contributed by atoms with van der Waals surface area (Å²) in [5, 5.41) is 13.7. The van der Waals surface area contributed by atoms with Gasteiger partial charge in [-0.15, -0.1) is 0 Å². The van der Waals surface area contributed by atoms with E-state index in [4.69, 9.17) is 16.3 Å². The van der Waals surface area contributed by atoms with Crippen molar-refractivity contribution in [3.63, 3.8) is 0 Å². The molecule has 7 nitrogen and oxygen atoms in total. The van der Waals surface area contributed by atoms with Crippen LogP contribution in [0.2, 0.25) is 5.02 Å². The summed E-state index contributed by atoms with van der Waals surface area (Å²) in [6, 6.07) is 10.4. The predicted molar refractivity (Wildman–Crippen MR) is 92.8 cm³/mol. The number of amides is 1. The van der Waals surface area contributed by atoms with Gasteiger partial charge in [-0.3, -0.25) is 14.9 Å². The number of nitrogens with one attached hydrogen (secondary N) is 1. The maximum atomic E-state index is 12.1. The molecule has 0 unspecified atom stereocenters. The van der Waals surface area contributed by atoms with Crippen LogP contribution in [0.15, 0.2) is 42.5 Å². The summed E-state index contributed by atoms with van der Waals surface area (Å²) in [4.78, 5) is 34.2. The third-order valence-electron chi connectivity index (χ3n) is 3.29. The van der Waals surface area contributed by atoms with Crippen LogP contribution in [0.5, 0.6) is 0 Å². The summed E-state index contributed by atoms with van der Waals surface area (Å²) < 4.78 is 4.87. The fourth-order valence-corrected chi connectivity index (χ4v) is 2.39. The monoisotopic (exact) mass is 362 g/mol. The number of carbonyl (C=O) groups excluding carboxylic acids is 2. The fraction of sp³-hybridized carbons (Fsp3) is 0.176. The Morgan fingerprint density at radius 3 is 2.60 bits per heavy atom. The number of hydrogen-bond acceptors (Lipinski definition) is 5. The lowest BCUT2D eigenvalue weighted by Gasteiger charge is -2.09. The van der Waals surface area contributed by atoms with Crippen LogP contribution >= 0.6 is 11.6 Å². The second kappa shape index (κ2) is 8.25. The number of anilines is 1. The normalized spacial score (nSPS) is 10.2. The molecule has 1 amide bonds. The minimum absolute atomic E-state index is 0.124. The first-order chi connectivity index (χ1) is 11.9. The van der Waals surface area contributed by atoms with Gasteiger partial charge in [-0.25, -0.2) is 4.79 Å². The average molecular weight is 363 g/mol. The quantitative estimate of drug-likeness (QED) is 0.481. The molecule has 0 aliphatic heterocycles. The van der Waals surface area contributed by atoms with Crippen molar-refractivity contribution in [1.82, 2.24) is 0 Å². The van der Waals surface area contributed by atoms with E-state index in [0.717, 1.165) is 0 Å². The third kappa shape index (κ3) is 4.77. The zero-order valence-electron chi connectivity index (χ0n) is 13.3. The van der Waals surface area contributed by atoms with Crippen molar-refractivity contribution >= 4 is 34.9 Å². The fourth-order valence-electron chi connectivity index (χ4n) is 2.16. The van der Waals surface area contributed by atoms with Gasteiger partial charge in [0, 0.05) is 11.6 Å². The van der Waals surface area contributed by atoms with E-state index in [9.17, 15) is 19.7 Å². The minimum Gasteiger partial charge on any atom is -0.462 e. The Hall–Kier alpha value is -2.93. The van der Waals surface area contributed by atoms with Crippen LogP contribution in [0.3, 0.4) is 0 Å². The van der Waals surface area contributed by atoms with E-state index >= 15 is 0 Å². The van der Waals surface area contributed by atoms with Crippen molar-refractivity contribution in [3.05, 3.63) is 68.7 Å². The van der Waals surface area contributed by atoms with Crippen LogP contribution < -0.4 is 5.32 Å². The van der Waals surface area contributed by atoms with Gasteiger partial charge in [0.05, 0.1) is 34.2 Å². The molecule has 130 valence electrons.